The first kappa shape index (κ1) is 31.6. The van der Waals surface area contributed by atoms with Gasteiger partial charge in [0.2, 0.25) is 6.41 Å². The van der Waals surface area contributed by atoms with E-state index in [1.807, 2.05) is 49.5 Å². The number of methoxy groups -OCH3 is 1. The average molecular weight is 585 g/mol. The molecule has 3 aromatic carbocycles. The zero-order valence-electron chi connectivity index (χ0n) is 25.5. The molecule has 9 nitrogen and oxygen atoms in total. The SMILES string of the molecule is CNc1ccc(CCNc2ncnc3cc(OCCCN4CCC(C)CC4)c(OC)cc23)cc1.O=CNc1ccccc1. The van der Waals surface area contributed by atoms with Gasteiger partial charge in [0.1, 0.15) is 12.1 Å². The van der Waals surface area contributed by atoms with Crippen LogP contribution < -0.4 is 25.4 Å². The standard InChI is InChI=1S/C27H37N5O2.C7H7NO/c1-20-10-14-32(15-11-20)13-4-16-34-26-18-24-23(17-25(26)33-3)27(31-19-30-24)29-12-9-21-5-7-22(28-2)8-6-21;9-6-8-7-4-2-1-3-5-7/h5-8,17-20,28H,4,9-16H2,1-3H3,(H,29,30,31);1-6H,(H,8,9). The fourth-order valence-electron chi connectivity index (χ4n) is 5.00. The molecule has 1 aliphatic heterocycles. The maximum Gasteiger partial charge on any atom is 0.211 e. The van der Waals surface area contributed by atoms with E-state index in [0.717, 1.165) is 65.7 Å². The van der Waals surface area contributed by atoms with Gasteiger partial charge in [-0.1, -0.05) is 37.3 Å². The normalized spacial score (nSPS) is 13.5. The minimum absolute atomic E-state index is 0.662. The molecule has 4 aromatic rings. The molecule has 3 N–H and O–H groups in total. The summed E-state index contributed by atoms with van der Waals surface area (Å²) in [6.07, 6.45) is 6.77. The minimum Gasteiger partial charge on any atom is -0.493 e. The summed E-state index contributed by atoms with van der Waals surface area (Å²) in [5.41, 5.74) is 4.06. The number of aromatic nitrogens is 2. The number of amides is 1. The predicted molar refractivity (Wildman–Crippen MR) is 175 cm³/mol. The molecule has 2 heterocycles. The Kier molecular flexibility index (Phi) is 12.4. The second kappa shape index (κ2) is 16.9. The van der Waals surface area contributed by atoms with Crippen molar-refractivity contribution in [3.63, 3.8) is 0 Å². The van der Waals surface area contributed by atoms with Gasteiger partial charge in [-0.3, -0.25) is 4.79 Å². The van der Waals surface area contributed by atoms with E-state index in [-0.39, 0.29) is 0 Å². The van der Waals surface area contributed by atoms with Gasteiger partial charge in [0.15, 0.2) is 11.5 Å². The third-order valence-electron chi connectivity index (χ3n) is 7.62. The van der Waals surface area contributed by atoms with Crippen LogP contribution in [0.2, 0.25) is 0 Å². The van der Waals surface area contributed by atoms with Gasteiger partial charge >= 0.3 is 0 Å². The number of nitrogens with one attached hydrogen (secondary N) is 3. The Morgan fingerprint density at radius 1 is 0.977 bits per heavy atom. The maximum absolute atomic E-state index is 9.86. The van der Waals surface area contributed by atoms with Gasteiger partial charge in [-0.2, -0.15) is 0 Å². The van der Waals surface area contributed by atoms with E-state index in [0.29, 0.717) is 18.8 Å². The summed E-state index contributed by atoms with van der Waals surface area (Å²) >= 11 is 0. The Balaban J connectivity index is 0.000000403. The first-order valence-electron chi connectivity index (χ1n) is 15.0. The van der Waals surface area contributed by atoms with Crippen molar-refractivity contribution in [2.24, 2.45) is 5.92 Å². The number of fused-ring (bicyclic) bond motifs is 1. The van der Waals surface area contributed by atoms with Crippen LogP contribution in [0.1, 0.15) is 31.7 Å². The summed E-state index contributed by atoms with van der Waals surface area (Å²) in [4.78, 5) is 21.3. The van der Waals surface area contributed by atoms with Crippen LogP contribution in [0.15, 0.2) is 73.1 Å². The van der Waals surface area contributed by atoms with Gasteiger partial charge in [0.25, 0.3) is 0 Å². The van der Waals surface area contributed by atoms with Gasteiger partial charge in [0, 0.05) is 43.0 Å². The predicted octanol–water partition coefficient (Wildman–Crippen LogP) is 6.09. The van der Waals surface area contributed by atoms with Crippen LogP contribution in [0.5, 0.6) is 11.5 Å². The first-order valence-corrected chi connectivity index (χ1v) is 15.0. The lowest BCUT2D eigenvalue weighted by molar-refractivity contribution is -0.105. The topological polar surface area (TPSA) is 101 Å². The van der Waals surface area contributed by atoms with E-state index < -0.39 is 0 Å². The Labute approximate surface area is 255 Å². The number of nitrogens with zero attached hydrogens (tertiary/aromatic N) is 3. The number of rotatable bonds is 13. The van der Waals surface area contributed by atoms with Crippen molar-refractivity contribution in [1.82, 2.24) is 14.9 Å². The third kappa shape index (κ3) is 9.85. The largest absolute Gasteiger partial charge is 0.493 e. The van der Waals surface area contributed by atoms with Gasteiger partial charge in [-0.05, 0) is 80.6 Å². The summed E-state index contributed by atoms with van der Waals surface area (Å²) in [7, 11) is 3.60. The average Bonchev–Trinajstić information content (AvgIpc) is 3.05. The van der Waals surface area contributed by atoms with Crippen LogP contribution in [0, 0.1) is 5.92 Å². The summed E-state index contributed by atoms with van der Waals surface area (Å²) < 4.78 is 11.7. The van der Waals surface area contributed by atoms with Crippen molar-refractivity contribution < 1.29 is 14.3 Å². The van der Waals surface area contributed by atoms with Crippen molar-refractivity contribution in [3.8, 4) is 11.5 Å². The Bertz CT molecular complexity index is 1390. The second-order valence-corrected chi connectivity index (χ2v) is 10.7. The monoisotopic (exact) mass is 584 g/mol. The molecule has 0 unspecified atom stereocenters. The van der Waals surface area contributed by atoms with E-state index >= 15 is 0 Å². The fourth-order valence-corrected chi connectivity index (χ4v) is 5.00. The molecule has 0 bridgehead atoms. The molecule has 1 fully saturated rings. The lowest BCUT2D eigenvalue weighted by Gasteiger charge is -2.30. The smallest absolute Gasteiger partial charge is 0.211 e. The van der Waals surface area contributed by atoms with E-state index in [9.17, 15) is 4.79 Å². The zero-order chi connectivity index (χ0) is 30.3. The van der Waals surface area contributed by atoms with Crippen LogP contribution in [-0.4, -0.2) is 68.2 Å². The lowest BCUT2D eigenvalue weighted by atomic mass is 9.99. The Hall–Kier alpha value is -4.37. The second-order valence-electron chi connectivity index (χ2n) is 10.7. The van der Waals surface area contributed by atoms with E-state index in [1.54, 1.807) is 13.4 Å². The van der Waals surface area contributed by atoms with Crippen molar-refractivity contribution >= 4 is 34.5 Å². The number of benzene rings is 3. The van der Waals surface area contributed by atoms with Crippen LogP contribution in [0.4, 0.5) is 17.2 Å². The van der Waals surface area contributed by atoms with Crippen LogP contribution in [0.25, 0.3) is 10.9 Å². The molecule has 5 rings (SSSR count). The highest BCUT2D eigenvalue weighted by Crippen LogP contribution is 2.34. The van der Waals surface area contributed by atoms with Crippen molar-refractivity contribution in [1.29, 1.82) is 0 Å². The maximum atomic E-state index is 9.86. The number of ether oxygens (including phenoxy) is 2. The molecule has 0 saturated carbocycles. The molecule has 0 atom stereocenters. The summed E-state index contributed by atoms with van der Waals surface area (Å²) in [5.74, 6) is 3.11. The molecule has 1 amide bonds. The highest BCUT2D eigenvalue weighted by molar-refractivity contribution is 5.91. The summed E-state index contributed by atoms with van der Waals surface area (Å²) in [5, 5.41) is 10.1. The molecule has 43 heavy (non-hydrogen) atoms. The van der Waals surface area contributed by atoms with Gasteiger partial charge in [-0.25, -0.2) is 9.97 Å². The van der Waals surface area contributed by atoms with Crippen LogP contribution in [-0.2, 0) is 11.2 Å². The molecule has 9 heteroatoms. The number of hydrogen-bond acceptors (Lipinski definition) is 8. The highest BCUT2D eigenvalue weighted by Gasteiger charge is 2.16. The van der Waals surface area contributed by atoms with E-state index in [2.05, 4.69) is 62.0 Å². The first-order chi connectivity index (χ1) is 21.1. The number of carbonyl (C=O) groups excluding carboxylic acids is 1. The lowest BCUT2D eigenvalue weighted by Crippen LogP contribution is -2.34. The number of likely N-dealkylation sites (tertiary alicyclic amines) is 1. The quantitative estimate of drug-likeness (QED) is 0.128. The molecule has 1 aliphatic rings. The number of para-hydroxylation sites is 1. The number of carbonyl (C=O) groups is 1. The molecular weight excluding hydrogens is 540 g/mol. The number of hydrogen-bond donors (Lipinski definition) is 3. The van der Waals surface area contributed by atoms with Crippen molar-refractivity contribution in [3.05, 3.63) is 78.6 Å². The van der Waals surface area contributed by atoms with Crippen LogP contribution in [0.3, 0.4) is 0 Å². The van der Waals surface area contributed by atoms with Gasteiger partial charge in [-0.15, -0.1) is 0 Å². The molecule has 0 spiro atoms. The summed E-state index contributed by atoms with van der Waals surface area (Å²) in [6.45, 7) is 7.27. The van der Waals surface area contributed by atoms with Crippen molar-refractivity contribution in [2.75, 3.05) is 62.9 Å². The summed E-state index contributed by atoms with van der Waals surface area (Å²) in [6, 6.07) is 21.7. The highest BCUT2D eigenvalue weighted by atomic mass is 16.5. The van der Waals surface area contributed by atoms with E-state index in [1.165, 1.54) is 31.5 Å². The third-order valence-corrected chi connectivity index (χ3v) is 7.62. The molecule has 1 aromatic heterocycles. The Morgan fingerprint density at radius 2 is 1.74 bits per heavy atom. The zero-order valence-corrected chi connectivity index (χ0v) is 25.5. The molecule has 0 aliphatic carbocycles. The molecular formula is C34H44N6O3. The minimum atomic E-state index is 0.662. The molecule has 1 saturated heterocycles. The van der Waals surface area contributed by atoms with E-state index in [4.69, 9.17) is 9.47 Å². The van der Waals surface area contributed by atoms with Gasteiger partial charge < -0.3 is 30.3 Å². The Morgan fingerprint density at radius 3 is 2.44 bits per heavy atom. The molecule has 0 radical (unpaired) electrons. The fraction of sp³-hybridized carbons (Fsp3) is 0.382. The van der Waals surface area contributed by atoms with Gasteiger partial charge in [0.05, 0.1) is 19.2 Å². The number of piperidine rings is 1. The number of anilines is 3. The van der Waals surface area contributed by atoms with Crippen LogP contribution >= 0.6 is 0 Å². The molecule has 228 valence electrons. The van der Waals surface area contributed by atoms with Crippen molar-refractivity contribution in [2.45, 2.75) is 32.6 Å².